The maximum Gasteiger partial charge on any atom is 0.114 e. The Kier molecular flexibility index (Phi) is 3.70. The predicted octanol–water partition coefficient (Wildman–Crippen LogP) is 5.58. The van der Waals surface area contributed by atoms with Crippen LogP contribution in [0.4, 0.5) is 4.39 Å². The average Bonchev–Trinajstić information content (AvgIpc) is 2.44. The van der Waals surface area contributed by atoms with Gasteiger partial charge in [-0.1, -0.05) is 41.5 Å². The maximum absolute atomic E-state index is 14.3. The van der Waals surface area contributed by atoms with E-state index < -0.39 is 5.67 Å². The van der Waals surface area contributed by atoms with Crippen LogP contribution < -0.4 is 0 Å². The zero-order valence-corrected chi connectivity index (χ0v) is 13.2. The van der Waals surface area contributed by atoms with Gasteiger partial charge in [-0.05, 0) is 37.0 Å². The van der Waals surface area contributed by atoms with Crippen molar-refractivity contribution in [2.24, 2.45) is 16.2 Å². The molecule has 1 unspecified atom stereocenters. The summed E-state index contributed by atoms with van der Waals surface area (Å²) in [6.45, 7) is 14.7. The fourth-order valence-electron chi connectivity index (χ4n) is 2.86. The van der Waals surface area contributed by atoms with Crippen molar-refractivity contribution in [2.45, 2.75) is 78.8 Å². The van der Waals surface area contributed by atoms with Crippen molar-refractivity contribution in [3.05, 3.63) is 0 Å². The SMILES string of the molecule is CC(C)(C)C[C@@]1(C[C@H](Cl)C(C)(C)C)CC1(C)F. The molecular formula is C15H28ClF. The highest BCUT2D eigenvalue weighted by atomic mass is 35.5. The summed E-state index contributed by atoms with van der Waals surface area (Å²) in [6.07, 6.45) is 2.39. The van der Waals surface area contributed by atoms with Crippen LogP contribution in [-0.2, 0) is 0 Å². The van der Waals surface area contributed by atoms with Gasteiger partial charge < -0.3 is 0 Å². The third kappa shape index (κ3) is 3.59. The van der Waals surface area contributed by atoms with Gasteiger partial charge in [0.15, 0.2) is 0 Å². The average molecular weight is 263 g/mol. The molecule has 0 nitrogen and oxygen atoms in total. The molecule has 0 aliphatic heterocycles. The van der Waals surface area contributed by atoms with E-state index in [1.165, 1.54) is 0 Å². The van der Waals surface area contributed by atoms with Crippen molar-refractivity contribution in [1.82, 2.24) is 0 Å². The second-order valence-electron chi connectivity index (χ2n) is 8.43. The Labute approximate surface area is 111 Å². The Morgan fingerprint density at radius 3 is 1.82 bits per heavy atom. The first-order chi connectivity index (χ1) is 7.29. The molecule has 0 saturated heterocycles. The van der Waals surface area contributed by atoms with E-state index in [0.29, 0.717) is 6.42 Å². The van der Waals surface area contributed by atoms with Gasteiger partial charge in [-0.25, -0.2) is 4.39 Å². The molecule has 0 amide bonds. The van der Waals surface area contributed by atoms with Gasteiger partial charge in [0.25, 0.3) is 0 Å². The van der Waals surface area contributed by atoms with Gasteiger partial charge in [0.1, 0.15) is 5.67 Å². The van der Waals surface area contributed by atoms with Crippen LogP contribution in [0.2, 0.25) is 0 Å². The van der Waals surface area contributed by atoms with Crippen LogP contribution in [0.3, 0.4) is 0 Å². The molecule has 1 aliphatic rings. The van der Waals surface area contributed by atoms with E-state index in [1.807, 2.05) is 0 Å². The van der Waals surface area contributed by atoms with Crippen molar-refractivity contribution < 1.29 is 4.39 Å². The van der Waals surface area contributed by atoms with Crippen LogP contribution in [0.15, 0.2) is 0 Å². The summed E-state index contributed by atoms with van der Waals surface area (Å²) >= 11 is 6.47. The van der Waals surface area contributed by atoms with Crippen LogP contribution in [0.25, 0.3) is 0 Å². The molecule has 2 heteroatoms. The lowest BCUT2D eigenvalue weighted by molar-refractivity contribution is 0.158. The molecule has 1 rings (SSSR count). The van der Waals surface area contributed by atoms with Gasteiger partial charge in [0.05, 0.1) is 0 Å². The lowest BCUT2D eigenvalue weighted by Crippen LogP contribution is -2.29. The lowest BCUT2D eigenvalue weighted by atomic mass is 9.75. The van der Waals surface area contributed by atoms with E-state index in [-0.39, 0.29) is 21.6 Å². The molecule has 102 valence electrons. The molecule has 1 fully saturated rings. The van der Waals surface area contributed by atoms with E-state index in [0.717, 1.165) is 12.8 Å². The fraction of sp³-hybridized carbons (Fsp3) is 1.00. The van der Waals surface area contributed by atoms with Crippen LogP contribution in [0.5, 0.6) is 0 Å². The molecule has 3 atom stereocenters. The highest BCUT2D eigenvalue weighted by molar-refractivity contribution is 6.21. The number of rotatable bonds is 3. The summed E-state index contributed by atoms with van der Waals surface area (Å²) in [4.78, 5) is 0. The van der Waals surface area contributed by atoms with Crippen molar-refractivity contribution in [3.63, 3.8) is 0 Å². The van der Waals surface area contributed by atoms with Crippen molar-refractivity contribution in [2.75, 3.05) is 0 Å². The van der Waals surface area contributed by atoms with Crippen molar-refractivity contribution in [3.8, 4) is 0 Å². The molecule has 0 aromatic heterocycles. The second-order valence-corrected chi connectivity index (χ2v) is 8.96. The summed E-state index contributed by atoms with van der Waals surface area (Å²) in [6, 6.07) is 0. The molecule has 17 heavy (non-hydrogen) atoms. The van der Waals surface area contributed by atoms with Crippen LogP contribution in [0, 0.1) is 16.2 Å². The van der Waals surface area contributed by atoms with E-state index in [2.05, 4.69) is 41.5 Å². The topological polar surface area (TPSA) is 0 Å². The molecule has 0 heterocycles. The van der Waals surface area contributed by atoms with Gasteiger partial charge in [-0.3, -0.25) is 0 Å². The third-order valence-corrected chi connectivity index (χ3v) is 4.84. The third-order valence-electron chi connectivity index (χ3n) is 4.03. The Morgan fingerprint density at radius 1 is 1.18 bits per heavy atom. The Bertz CT molecular complexity index is 282. The molecule has 0 N–H and O–H groups in total. The van der Waals surface area contributed by atoms with Crippen LogP contribution >= 0.6 is 11.6 Å². The summed E-state index contributed by atoms with van der Waals surface area (Å²) < 4.78 is 14.3. The Morgan fingerprint density at radius 2 is 1.59 bits per heavy atom. The van der Waals surface area contributed by atoms with E-state index >= 15 is 0 Å². The quantitative estimate of drug-likeness (QED) is 0.582. The van der Waals surface area contributed by atoms with Gasteiger partial charge in [-0.15, -0.1) is 11.6 Å². The minimum Gasteiger partial charge on any atom is -0.244 e. The second kappa shape index (κ2) is 4.11. The normalized spacial score (nSPS) is 35.8. The summed E-state index contributed by atoms with van der Waals surface area (Å²) in [7, 11) is 0. The van der Waals surface area contributed by atoms with Gasteiger partial charge in [0.2, 0.25) is 0 Å². The zero-order chi connectivity index (χ0) is 13.7. The van der Waals surface area contributed by atoms with Crippen molar-refractivity contribution >= 4 is 11.6 Å². The zero-order valence-electron chi connectivity index (χ0n) is 12.5. The molecule has 0 aromatic carbocycles. The first-order valence-electron chi connectivity index (χ1n) is 6.62. The molecule has 0 spiro atoms. The molecule has 1 aliphatic carbocycles. The monoisotopic (exact) mass is 262 g/mol. The van der Waals surface area contributed by atoms with Crippen LogP contribution in [-0.4, -0.2) is 11.0 Å². The van der Waals surface area contributed by atoms with E-state index in [1.54, 1.807) is 6.92 Å². The molecular weight excluding hydrogens is 235 g/mol. The maximum atomic E-state index is 14.3. The largest absolute Gasteiger partial charge is 0.244 e. The van der Waals surface area contributed by atoms with E-state index in [9.17, 15) is 4.39 Å². The highest BCUT2D eigenvalue weighted by Crippen LogP contribution is 2.67. The number of alkyl halides is 2. The van der Waals surface area contributed by atoms with E-state index in [4.69, 9.17) is 11.6 Å². The van der Waals surface area contributed by atoms with Gasteiger partial charge >= 0.3 is 0 Å². The number of hydrogen-bond acceptors (Lipinski definition) is 0. The molecule has 1 saturated carbocycles. The first-order valence-corrected chi connectivity index (χ1v) is 7.06. The number of hydrogen-bond donors (Lipinski definition) is 0. The molecule has 0 bridgehead atoms. The van der Waals surface area contributed by atoms with Gasteiger partial charge in [0, 0.05) is 10.8 Å². The first kappa shape index (κ1) is 15.3. The molecule has 0 aromatic rings. The Balaban J connectivity index is 2.77. The highest BCUT2D eigenvalue weighted by Gasteiger charge is 2.66. The minimum atomic E-state index is -1.02. The standard InChI is InChI=1S/C15H28ClF/c1-12(2,3)9-15(10-14(15,7)17)8-11(16)13(4,5)6/h11H,8-10H2,1-7H3/t11-,14?,15-/m0/s1. The smallest absolute Gasteiger partial charge is 0.114 e. The summed E-state index contributed by atoms with van der Waals surface area (Å²) in [5, 5.41) is 0.0439. The minimum absolute atomic E-state index is 0.0439. The van der Waals surface area contributed by atoms with Gasteiger partial charge in [-0.2, -0.15) is 0 Å². The summed E-state index contributed by atoms with van der Waals surface area (Å²) in [5.41, 5.74) is -0.993. The van der Waals surface area contributed by atoms with Crippen LogP contribution in [0.1, 0.15) is 67.7 Å². The Hall–Kier alpha value is 0.220. The predicted molar refractivity (Wildman–Crippen MR) is 74.3 cm³/mol. The molecule has 0 radical (unpaired) electrons. The summed E-state index contributed by atoms with van der Waals surface area (Å²) in [5.74, 6) is 0. The number of halogens is 2. The van der Waals surface area contributed by atoms with Crippen molar-refractivity contribution in [1.29, 1.82) is 0 Å². The lowest BCUT2D eigenvalue weighted by Gasteiger charge is -2.33. The fourth-order valence-corrected chi connectivity index (χ4v) is 3.16.